The van der Waals surface area contributed by atoms with Crippen molar-refractivity contribution >= 4 is 17.7 Å². The highest BCUT2D eigenvalue weighted by Gasteiger charge is 2.11. The molecular formula is C19H16N4O4. The van der Waals surface area contributed by atoms with Gasteiger partial charge in [0.15, 0.2) is 0 Å². The number of nitro benzene ring substituents is 1. The Balaban J connectivity index is 1.50. The van der Waals surface area contributed by atoms with E-state index in [2.05, 4.69) is 15.5 Å². The number of carbonyl (C=O) groups excluding carboxylic acids is 1. The average Bonchev–Trinajstić information content (AvgIpc) is 3.16. The van der Waals surface area contributed by atoms with E-state index in [-0.39, 0.29) is 11.6 Å². The zero-order valence-corrected chi connectivity index (χ0v) is 14.2. The van der Waals surface area contributed by atoms with Crippen molar-refractivity contribution in [3.8, 4) is 11.4 Å². The van der Waals surface area contributed by atoms with Gasteiger partial charge in [-0.05, 0) is 23.8 Å². The lowest BCUT2D eigenvalue weighted by Crippen LogP contribution is -2.23. The van der Waals surface area contributed by atoms with Crippen LogP contribution < -0.4 is 5.32 Å². The molecule has 0 fully saturated rings. The molecule has 27 heavy (non-hydrogen) atoms. The Morgan fingerprint density at radius 2 is 1.89 bits per heavy atom. The molecule has 2 aromatic carbocycles. The summed E-state index contributed by atoms with van der Waals surface area (Å²) in [7, 11) is 0. The van der Waals surface area contributed by atoms with Gasteiger partial charge in [-0.2, -0.15) is 4.98 Å². The normalized spacial score (nSPS) is 10.8. The highest BCUT2D eigenvalue weighted by Crippen LogP contribution is 2.19. The third-order valence-electron chi connectivity index (χ3n) is 3.67. The van der Waals surface area contributed by atoms with Crippen molar-refractivity contribution in [1.82, 2.24) is 15.5 Å². The minimum atomic E-state index is -0.472. The van der Waals surface area contributed by atoms with E-state index in [1.54, 1.807) is 18.2 Å². The highest BCUT2D eigenvalue weighted by molar-refractivity contribution is 5.91. The average molecular weight is 364 g/mol. The van der Waals surface area contributed by atoms with Crippen LogP contribution in [0.4, 0.5) is 5.69 Å². The number of aromatic nitrogens is 2. The number of benzene rings is 2. The van der Waals surface area contributed by atoms with Crippen LogP contribution in [0.5, 0.6) is 0 Å². The van der Waals surface area contributed by atoms with Gasteiger partial charge in [0.1, 0.15) is 0 Å². The second-order valence-corrected chi connectivity index (χ2v) is 5.60. The maximum atomic E-state index is 11.8. The number of nitrogens with zero attached hydrogens (tertiary/aromatic N) is 3. The number of amides is 1. The summed E-state index contributed by atoms with van der Waals surface area (Å²) in [5.74, 6) is 0.500. The molecule has 0 aliphatic heterocycles. The molecule has 0 radical (unpaired) electrons. The van der Waals surface area contributed by atoms with Crippen LogP contribution in [0.3, 0.4) is 0 Å². The fourth-order valence-corrected chi connectivity index (χ4v) is 2.29. The smallest absolute Gasteiger partial charge is 0.269 e. The van der Waals surface area contributed by atoms with Crippen molar-refractivity contribution in [2.75, 3.05) is 6.54 Å². The Hall–Kier alpha value is -3.81. The van der Waals surface area contributed by atoms with Crippen molar-refractivity contribution < 1.29 is 14.2 Å². The van der Waals surface area contributed by atoms with Gasteiger partial charge in [0.25, 0.3) is 5.69 Å². The monoisotopic (exact) mass is 364 g/mol. The third-order valence-corrected chi connectivity index (χ3v) is 3.67. The Labute approximate surface area is 154 Å². The molecule has 0 bridgehead atoms. The Kier molecular flexibility index (Phi) is 5.68. The Bertz CT molecular complexity index is 949. The lowest BCUT2D eigenvalue weighted by atomic mass is 10.2. The molecule has 3 aromatic rings. The van der Waals surface area contributed by atoms with Crippen molar-refractivity contribution in [2.24, 2.45) is 0 Å². The standard InChI is InChI=1S/C19H16N4O4/c24-17(11-6-14-4-2-1-3-5-14)20-13-12-18-21-19(22-27-18)15-7-9-16(10-8-15)23(25)26/h1-11H,12-13H2,(H,20,24). The molecule has 8 nitrogen and oxygen atoms in total. The molecule has 3 rings (SSSR count). The van der Waals surface area contributed by atoms with Gasteiger partial charge in [0.05, 0.1) is 4.92 Å². The number of hydrogen-bond acceptors (Lipinski definition) is 6. The summed E-state index contributed by atoms with van der Waals surface area (Å²) in [6.07, 6.45) is 3.57. The third kappa shape index (κ3) is 5.08. The van der Waals surface area contributed by atoms with E-state index in [4.69, 9.17) is 4.52 Å². The van der Waals surface area contributed by atoms with Crippen molar-refractivity contribution in [3.63, 3.8) is 0 Å². The lowest BCUT2D eigenvalue weighted by molar-refractivity contribution is -0.384. The fraction of sp³-hybridized carbons (Fsp3) is 0.105. The molecule has 1 aromatic heterocycles. The molecule has 0 atom stereocenters. The van der Waals surface area contributed by atoms with E-state index >= 15 is 0 Å². The molecule has 1 N–H and O–H groups in total. The summed E-state index contributed by atoms with van der Waals surface area (Å²) in [5, 5.41) is 17.3. The van der Waals surface area contributed by atoms with Gasteiger partial charge in [-0.3, -0.25) is 14.9 Å². The Morgan fingerprint density at radius 3 is 2.59 bits per heavy atom. The summed E-state index contributed by atoms with van der Waals surface area (Å²) in [5.41, 5.74) is 1.55. The molecule has 8 heteroatoms. The first-order valence-corrected chi connectivity index (χ1v) is 8.20. The van der Waals surface area contributed by atoms with Crippen LogP contribution in [0.1, 0.15) is 11.5 Å². The summed E-state index contributed by atoms with van der Waals surface area (Å²) < 4.78 is 5.14. The number of rotatable bonds is 7. The van der Waals surface area contributed by atoms with E-state index in [0.29, 0.717) is 30.2 Å². The molecule has 0 aliphatic rings. The molecular weight excluding hydrogens is 348 g/mol. The van der Waals surface area contributed by atoms with Gasteiger partial charge in [-0.15, -0.1) is 0 Å². The molecule has 0 saturated carbocycles. The first-order chi connectivity index (χ1) is 13.1. The first kappa shape index (κ1) is 18.0. The maximum Gasteiger partial charge on any atom is 0.269 e. The van der Waals surface area contributed by atoms with Crippen LogP contribution in [0.15, 0.2) is 65.2 Å². The number of hydrogen-bond donors (Lipinski definition) is 1. The molecule has 1 amide bonds. The van der Waals surface area contributed by atoms with E-state index in [9.17, 15) is 14.9 Å². The van der Waals surface area contributed by atoms with Crippen molar-refractivity contribution in [1.29, 1.82) is 0 Å². The van der Waals surface area contributed by atoms with Crippen LogP contribution in [0.2, 0.25) is 0 Å². The number of nitrogens with one attached hydrogen (secondary N) is 1. The minimum Gasteiger partial charge on any atom is -0.352 e. The molecule has 0 spiro atoms. The largest absolute Gasteiger partial charge is 0.352 e. The van der Waals surface area contributed by atoms with Gasteiger partial charge < -0.3 is 9.84 Å². The summed E-state index contributed by atoms with van der Waals surface area (Å²) in [4.78, 5) is 26.2. The van der Waals surface area contributed by atoms with Gasteiger partial charge in [-0.25, -0.2) is 0 Å². The Morgan fingerprint density at radius 1 is 1.15 bits per heavy atom. The zero-order valence-electron chi connectivity index (χ0n) is 14.2. The minimum absolute atomic E-state index is 0.00580. The van der Waals surface area contributed by atoms with E-state index in [1.807, 2.05) is 30.3 Å². The van der Waals surface area contributed by atoms with Crippen molar-refractivity contribution in [3.05, 3.63) is 82.2 Å². The lowest BCUT2D eigenvalue weighted by Gasteiger charge is -1.98. The zero-order chi connectivity index (χ0) is 19.1. The van der Waals surface area contributed by atoms with Gasteiger partial charge in [0.2, 0.25) is 17.6 Å². The molecule has 0 aliphatic carbocycles. The van der Waals surface area contributed by atoms with Crippen LogP contribution in [-0.2, 0) is 11.2 Å². The number of carbonyl (C=O) groups is 1. The molecule has 0 saturated heterocycles. The SMILES string of the molecule is O=C(C=Cc1ccccc1)NCCc1nc(-c2ccc([N+](=O)[O-])cc2)no1. The predicted molar refractivity (Wildman–Crippen MR) is 98.6 cm³/mol. The fourth-order valence-electron chi connectivity index (χ4n) is 2.29. The van der Waals surface area contributed by atoms with Gasteiger partial charge >= 0.3 is 0 Å². The van der Waals surface area contributed by atoms with Crippen LogP contribution in [-0.4, -0.2) is 27.5 Å². The van der Waals surface area contributed by atoms with Gasteiger partial charge in [0, 0.05) is 36.7 Å². The molecule has 0 unspecified atom stereocenters. The second kappa shape index (κ2) is 8.52. The van der Waals surface area contributed by atoms with Crippen molar-refractivity contribution in [2.45, 2.75) is 6.42 Å². The van der Waals surface area contributed by atoms with Gasteiger partial charge in [-0.1, -0.05) is 35.5 Å². The predicted octanol–water partition coefficient (Wildman–Crippen LogP) is 3.02. The highest BCUT2D eigenvalue weighted by atomic mass is 16.6. The summed E-state index contributed by atoms with van der Waals surface area (Å²) in [6.45, 7) is 0.347. The molecule has 1 heterocycles. The van der Waals surface area contributed by atoms with E-state index in [1.165, 1.54) is 18.2 Å². The van der Waals surface area contributed by atoms with E-state index < -0.39 is 4.92 Å². The van der Waals surface area contributed by atoms with E-state index in [0.717, 1.165) is 5.56 Å². The maximum absolute atomic E-state index is 11.8. The van der Waals surface area contributed by atoms with Crippen LogP contribution in [0, 0.1) is 10.1 Å². The van der Waals surface area contributed by atoms with Crippen LogP contribution >= 0.6 is 0 Å². The topological polar surface area (TPSA) is 111 Å². The molecule has 136 valence electrons. The summed E-state index contributed by atoms with van der Waals surface area (Å²) in [6, 6.07) is 15.4. The number of nitro groups is 1. The first-order valence-electron chi connectivity index (χ1n) is 8.20. The quantitative estimate of drug-likeness (QED) is 0.392. The summed E-state index contributed by atoms with van der Waals surface area (Å²) >= 11 is 0. The second-order valence-electron chi connectivity index (χ2n) is 5.60. The van der Waals surface area contributed by atoms with Crippen LogP contribution in [0.25, 0.3) is 17.5 Å². The number of non-ortho nitro benzene ring substituents is 1.